The number of non-ortho nitro benzene ring substituents is 1. The molecule has 2 amide bonds. The van der Waals surface area contributed by atoms with Gasteiger partial charge in [-0.05, 0) is 37.3 Å². The molecule has 176 valence electrons. The first kappa shape index (κ1) is 24.4. The van der Waals surface area contributed by atoms with Crippen molar-refractivity contribution in [3.05, 3.63) is 57.6 Å². The van der Waals surface area contributed by atoms with Crippen LogP contribution in [0.3, 0.4) is 0 Å². The van der Waals surface area contributed by atoms with E-state index in [9.17, 15) is 19.7 Å². The molecule has 33 heavy (non-hydrogen) atoms. The van der Waals surface area contributed by atoms with Gasteiger partial charge >= 0.3 is 0 Å². The monoisotopic (exact) mass is 476 g/mol. The molecule has 3 rings (SSSR count). The maximum Gasteiger partial charge on any atom is 0.282 e. The molecular weight excluding hydrogens is 450 g/mol. The summed E-state index contributed by atoms with van der Waals surface area (Å²) in [5, 5.41) is 16.6. The van der Waals surface area contributed by atoms with Crippen LogP contribution in [0.2, 0.25) is 5.02 Å². The van der Waals surface area contributed by atoms with Crippen molar-refractivity contribution in [2.75, 3.05) is 55.4 Å². The number of nitro benzene ring substituents is 1. The van der Waals surface area contributed by atoms with Crippen LogP contribution in [0.15, 0.2) is 42.5 Å². The molecule has 2 aromatic carbocycles. The first-order valence-corrected chi connectivity index (χ1v) is 10.9. The zero-order chi connectivity index (χ0) is 24.0. The number of quaternary nitrogens is 1. The van der Waals surface area contributed by atoms with E-state index in [1.54, 1.807) is 14.0 Å². The van der Waals surface area contributed by atoms with Gasteiger partial charge in [0.05, 0.1) is 35.9 Å². The van der Waals surface area contributed by atoms with Crippen LogP contribution >= 0.6 is 11.6 Å². The lowest BCUT2D eigenvalue weighted by Gasteiger charge is -2.28. The van der Waals surface area contributed by atoms with E-state index in [4.69, 9.17) is 16.3 Å². The van der Waals surface area contributed by atoms with Gasteiger partial charge in [0.1, 0.15) is 0 Å². The van der Waals surface area contributed by atoms with Crippen molar-refractivity contribution in [2.45, 2.75) is 13.0 Å². The molecule has 11 heteroatoms. The third-order valence-corrected chi connectivity index (χ3v) is 5.85. The van der Waals surface area contributed by atoms with Gasteiger partial charge in [0, 0.05) is 36.6 Å². The second-order valence-corrected chi connectivity index (χ2v) is 8.26. The quantitative estimate of drug-likeness (QED) is 0.393. The Morgan fingerprint density at radius 1 is 1.18 bits per heavy atom. The fourth-order valence-electron chi connectivity index (χ4n) is 3.38. The van der Waals surface area contributed by atoms with E-state index in [0.29, 0.717) is 23.8 Å². The normalized spacial score (nSPS) is 15.4. The van der Waals surface area contributed by atoms with E-state index < -0.39 is 16.9 Å². The molecule has 0 radical (unpaired) electrons. The largest absolute Gasteiger partial charge is 0.378 e. The number of amides is 2. The second-order valence-electron chi connectivity index (χ2n) is 7.85. The number of morpholine rings is 1. The minimum Gasteiger partial charge on any atom is -0.378 e. The number of nitrogens with one attached hydrogen (secondary N) is 3. The number of hydrogen-bond donors (Lipinski definition) is 3. The fourth-order valence-corrected chi connectivity index (χ4v) is 3.54. The summed E-state index contributed by atoms with van der Waals surface area (Å²) in [5.74, 6) is -0.641. The van der Waals surface area contributed by atoms with Crippen LogP contribution in [-0.4, -0.2) is 62.7 Å². The van der Waals surface area contributed by atoms with Crippen LogP contribution in [0.4, 0.5) is 22.7 Å². The standard InChI is InChI=1S/C22H26ClN5O5/c1-15(22(30)25-20-13-18(28(31)32)7-8-19(20)23)26(2)14-21(29)24-16-3-5-17(6-4-16)27-9-11-33-12-10-27/h3-8,13,15H,9-12,14H2,1-2H3,(H,24,29)(H,25,30)/p+1/t15-/m1/s1. The fraction of sp³-hybridized carbons (Fsp3) is 0.364. The lowest BCUT2D eigenvalue weighted by molar-refractivity contribution is -0.885. The molecule has 0 aromatic heterocycles. The van der Waals surface area contributed by atoms with Gasteiger partial charge in [-0.2, -0.15) is 0 Å². The number of hydrogen-bond acceptors (Lipinski definition) is 6. The number of rotatable bonds is 8. The minimum atomic E-state index is -0.602. The Morgan fingerprint density at radius 2 is 1.85 bits per heavy atom. The molecule has 0 saturated carbocycles. The maximum atomic E-state index is 12.6. The Labute approximate surface area is 196 Å². The van der Waals surface area contributed by atoms with Crippen molar-refractivity contribution >= 4 is 46.2 Å². The van der Waals surface area contributed by atoms with Crippen molar-refractivity contribution in [1.82, 2.24) is 0 Å². The van der Waals surface area contributed by atoms with E-state index in [2.05, 4.69) is 15.5 Å². The van der Waals surface area contributed by atoms with Gasteiger partial charge in [-0.25, -0.2) is 0 Å². The van der Waals surface area contributed by atoms with Crippen molar-refractivity contribution in [2.24, 2.45) is 0 Å². The van der Waals surface area contributed by atoms with Crippen molar-refractivity contribution in [3.8, 4) is 0 Å². The minimum absolute atomic E-state index is 0.0580. The number of nitro groups is 1. The van der Waals surface area contributed by atoms with Crippen LogP contribution in [-0.2, 0) is 14.3 Å². The summed E-state index contributed by atoms with van der Waals surface area (Å²) >= 11 is 6.05. The molecule has 1 fully saturated rings. The van der Waals surface area contributed by atoms with Gasteiger partial charge in [0.25, 0.3) is 17.5 Å². The van der Waals surface area contributed by atoms with Gasteiger partial charge < -0.3 is 25.2 Å². The lowest BCUT2D eigenvalue weighted by atomic mass is 10.2. The van der Waals surface area contributed by atoms with E-state index in [1.165, 1.54) is 18.2 Å². The van der Waals surface area contributed by atoms with Crippen LogP contribution in [0.5, 0.6) is 0 Å². The number of likely N-dealkylation sites (N-methyl/N-ethyl adjacent to an activating group) is 1. The Hall–Kier alpha value is -3.21. The number of nitrogens with zero attached hydrogens (tertiary/aromatic N) is 2. The van der Waals surface area contributed by atoms with E-state index in [-0.39, 0.29) is 28.8 Å². The predicted molar refractivity (Wildman–Crippen MR) is 126 cm³/mol. The van der Waals surface area contributed by atoms with Crippen LogP contribution in [0, 0.1) is 10.1 Å². The highest BCUT2D eigenvalue weighted by atomic mass is 35.5. The Balaban J connectivity index is 1.53. The van der Waals surface area contributed by atoms with Gasteiger partial charge in [-0.1, -0.05) is 11.6 Å². The Morgan fingerprint density at radius 3 is 2.48 bits per heavy atom. The van der Waals surface area contributed by atoms with E-state index in [0.717, 1.165) is 18.8 Å². The van der Waals surface area contributed by atoms with Crippen LogP contribution < -0.4 is 20.4 Å². The average molecular weight is 477 g/mol. The topological polar surface area (TPSA) is 118 Å². The molecule has 2 atom stereocenters. The molecule has 2 aromatic rings. The number of halogens is 1. The number of carbonyl (C=O) groups excluding carboxylic acids is 2. The molecule has 0 spiro atoms. The van der Waals surface area contributed by atoms with E-state index in [1.807, 2.05) is 24.3 Å². The van der Waals surface area contributed by atoms with Crippen molar-refractivity contribution in [3.63, 3.8) is 0 Å². The Bertz CT molecular complexity index is 1010. The number of anilines is 3. The second kappa shape index (κ2) is 11.1. The zero-order valence-corrected chi connectivity index (χ0v) is 19.2. The molecule has 1 saturated heterocycles. The zero-order valence-electron chi connectivity index (χ0n) is 18.5. The van der Waals surface area contributed by atoms with Crippen LogP contribution in [0.1, 0.15) is 6.92 Å². The number of carbonyl (C=O) groups is 2. The molecule has 1 aliphatic rings. The van der Waals surface area contributed by atoms with Gasteiger partial charge in [-0.3, -0.25) is 19.7 Å². The summed E-state index contributed by atoms with van der Waals surface area (Å²) in [5.41, 5.74) is 1.72. The summed E-state index contributed by atoms with van der Waals surface area (Å²) in [7, 11) is 1.72. The van der Waals surface area contributed by atoms with Crippen molar-refractivity contribution < 1.29 is 24.1 Å². The number of ether oxygens (including phenoxy) is 1. The molecule has 3 N–H and O–H groups in total. The summed E-state index contributed by atoms with van der Waals surface area (Å²) in [6.07, 6.45) is 0. The van der Waals surface area contributed by atoms with Gasteiger partial charge in [-0.15, -0.1) is 0 Å². The third-order valence-electron chi connectivity index (χ3n) is 5.52. The first-order chi connectivity index (χ1) is 15.7. The molecule has 1 unspecified atom stereocenters. The highest BCUT2D eigenvalue weighted by molar-refractivity contribution is 6.33. The van der Waals surface area contributed by atoms with E-state index >= 15 is 0 Å². The highest BCUT2D eigenvalue weighted by Crippen LogP contribution is 2.26. The number of benzene rings is 2. The lowest BCUT2D eigenvalue weighted by Crippen LogP contribution is -3.14. The SMILES string of the molecule is C[C@H](C(=O)Nc1cc([N+](=O)[O-])ccc1Cl)[NH+](C)CC(=O)Nc1ccc(N2CCOCC2)cc1. The highest BCUT2D eigenvalue weighted by Gasteiger charge is 2.25. The summed E-state index contributed by atoms with van der Waals surface area (Å²) in [6.45, 7) is 4.80. The van der Waals surface area contributed by atoms with Crippen molar-refractivity contribution in [1.29, 1.82) is 0 Å². The summed E-state index contributed by atoms with van der Waals surface area (Å²) in [4.78, 5) is 38.4. The molecule has 1 heterocycles. The molecule has 0 bridgehead atoms. The molecule has 0 aliphatic carbocycles. The predicted octanol–water partition coefficient (Wildman–Crippen LogP) is 1.57. The molecule has 1 aliphatic heterocycles. The maximum absolute atomic E-state index is 12.6. The molecular formula is C22H27ClN5O5+. The molecule has 10 nitrogen and oxygen atoms in total. The summed E-state index contributed by atoms with van der Waals surface area (Å²) < 4.78 is 5.36. The van der Waals surface area contributed by atoms with Gasteiger partial charge in [0.2, 0.25) is 0 Å². The summed E-state index contributed by atoms with van der Waals surface area (Å²) in [6, 6.07) is 10.8. The average Bonchev–Trinajstić information content (AvgIpc) is 2.80. The smallest absolute Gasteiger partial charge is 0.282 e. The Kier molecular flexibility index (Phi) is 8.21. The first-order valence-electron chi connectivity index (χ1n) is 10.5. The van der Waals surface area contributed by atoms with Crippen LogP contribution in [0.25, 0.3) is 0 Å². The third kappa shape index (κ3) is 6.64. The van der Waals surface area contributed by atoms with Gasteiger partial charge in [0.15, 0.2) is 12.6 Å².